The first-order chi connectivity index (χ1) is 8.01. The maximum Gasteiger partial charge on any atom is 0.329 e. The van der Waals surface area contributed by atoms with E-state index in [0.717, 1.165) is 0 Å². The third kappa shape index (κ3) is 8.00. The van der Waals surface area contributed by atoms with Gasteiger partial charge in [-0.25, -0.2) is 4.79 Å². The molecule has 6 nitrogen and oxygen atoms in total. The van der Waals surface area contributed by atoms with Crippen LogP contribution in [-0.4, -0.2) is 59.5 Å². The predicted molar refractivity (Wildman–Crippen MR) is 64.7 cm³/mol. The summed E-state index contributed by atoms with van der Waals surface area (Å²) in [5.74, 6) is 0.186. The zero-order chi connectivity index (χ0) is 13.3. The molecule has 0 fully saturated rings. The average molecular weight is 265 g/mol. The van der Waals surface area contributed by atoms with Gasteiger partial charge in [0.1, 0.15) is 6.04 Å². The highest BCUT2D eigenvalue weighted by Crippen LogP contribution is 2.08. The van der Waals surface area contributed by atoms with Crippen molar-refractivity contribution >= 4 is 23.6 Å². The highest BCUT2D eigenvalue weighted by atomic mass is 32.2. The van der Waals surface area contributed by atoms with Gasteiger partial charge in [0.2, 0.25) is 5.91 Å². The first-order valence-corrected chi connectivity index (χ1v) is 6.38. The lowest BCUT2D eigenvalue weighted by molar-refractivity contribution is -0.144. The summed E-state index contributed by atoms with van der Waals surface area (Å²) in [5.41, 5.74) is 0. The van der Waals surface area contributed by atoms with Crippen molar-refractivity contribution in [1.82, 2.24) is 5.32 Å². The van der Waals surface area contributed by atoms with Crippen molar-refractivity contribution in [2.24, 2.45) is 0 Å². The quantitative estimate of drug-likeness (QED) is 0.390. The van der Waals surface area contributed by atoms with Crippen LogP contribution in [0.15, 0.2) is 0 Å². The molecule has 3 N–H and O–H groups in total. The van der Waals surface area contributed by atoms with E-state index >= 15 is 0 Å². The summed E-state index contributed by atoms with van der Waals surface area (Å²) in [6, 6.07) is -0.672. The maximum atomic E-state index is 11.3. The van der Waals surface area contributed by atoms with Gasteiger partial charge < -0.3 is 20.3 Å². The molecule has 7 heteroatoms. The number of aliphatic hydroxyl groups excluding tert-OH is 2. The Morgan fingerprint density at radius 3 is 2.59 bits per heavy atom. The van der Waals surface area contributed by atoms with Crippen molar-refractivity contribution < 1.29 is 24.5 Å². The van der Waals surface area contributed by atoms with Crippen LogP contribution in [0.2, 0.25) is 0 Å². The second kappa shape index (κ2) is 9.26. The second-order valence-electron chi connectivity index (χ2n) is 3.48. The predicted octanol–water partition coefficient (Wildman–Crippen LogP) is -0.859. The number of esters is 1. The molecule has 0 saturated heterocycles. The Bertz CT molecular complexity index is 249. The zero-order valence-electron chi connectivity index (χ0n) is 10.0. The van der Waals surface area contributed by atoms with Gasteiger partial charge >= 0.3 is 5.97 Å². The van der Waals surface area contributed by atoms with E-state index in [2.05, 4.69) is 10.1 Å². The summed E-state index contributed by atoms with van der Waals surface area (Å²) in [7, 11) is 1.26. The second-order valence-corrected chi connectivity index (χ2v) is 4.63. The summed E-state index contributed by atoms with van der Waals surface area (Å²) in [4.78, 5) is 22.2. The molecule has 0 aliphatic rings. The molecule has 0 aliphatic heterocycles. The van der Waals surface area contributed by atoms with E-state index in [9.17, 15) is 9.59 Å². The normalized spacial score (nSPS) is 13.9. The number of aliphatic hydroxyl groups is 2. The van der Waals surface area contributed by atoms with E-state index in [1.807, 2.05) is 0 Å². The van der Waals surface area contributed by atoms with Crippen molar-refractivity contribution in [3.8, 4) is 0 Å². The summed E-state index contributed by atoms with van der Waals surface area (Å²) in [5, 5.41) is 20.2. The topological polar surface area (TPSA) is 95.9 Å². The number of thioether (sulfide) groups is 1. The average Bonchev–Trinajstić information content (AvgIpc) is 2.31. The molecule has 17 heavy (non-hydrogen) atoms. The van der Waals surface area contributed by atoms with Gasteiger partial charge in [0.25, 0.3) is 0 Å². The standard InChI is InChI=1S/C10H19NO5S/c1-7(13)11-9(10(15)16-2)6-17-4-3-8(14)5-12/h8-9,12,14H,3-6H2,1-2H3,(H,11,13)/t8-,9+/m1/s1. The van der Waals surface area contributed by atoms with Gasteiger partial charge in [-0.15, -0.1) is 0 Å². The van der Waals surface area contributed by atoms with E-state index < -0.39 is 18.1 Å². The molecule has 0 bridgehead atoms. The first-order valence-electron chi connectivity index (χ1n) is 5.22. The van der Waals surface area contributed by atoms with Crippen molar-refractivity contribution in [1.29, 1.82) is 0 Å². The van der Waals surface area contributed by atoms with Crippen LogP contribution >= 0.6 is 11.8 Å². The molecule has 100 valence electrons. The minimum absolute atomic E-state index is 0.271. The third-order valence-electron chi connectivity index (χ3n) is 1.95. The van der Waals surface area contributed by atoms with E-state index in [1.165, 1.54) is 25.8 Å². The van der Waals surface area contributed by atoms with Gasteiger partial charge in [0, 0.05) is 12.7 Å². The molecule has 2 atom stereocenters. The van der Waals surface area contributed by atoms with Crippen LogP contribution in [0.5, 0.6) is 0 Å². The Morgan fingerprint density at radius 1 is 1.47 bits per heavy atom. The number of ether oxygens (including phenoxy) is 1. The first kappa shape index (κ1) is 16.2. The number of amides is 1. The monoisotopic (exact) mass is 265 g/mol. The summed E-state index contributed by atoms with van der Waals surface area (Å²) in [6.07, 6.45) is -0.297. The number of hydrogen-bond acceptors (Lipinski definition) is 6. The van der Waals surface area contributed by atoms with Gasteiger partial charge in [-0.2, -0.15) is 11.8 Å². The van der Waals surface area contributed by atoms with E-state index in [-0.39, 0.29) is 12.5 Å². The van der Waals surface area contributed by atoms with Crippen LogP contribution in [0.25, 0.3) is 0 Å². The zero-order valence-corrected chi connectivity index (χ0v) is 10.8. The number of methoxy groups -OCH3 is 1. The molecule has 0 saturated carbocycles. The van der Waals surface area contributed by atoms with Crippen molar-refractivity contribution in [2.45, 2.75) is 25.5 Å². The van der Waals surface area contributed by atoms with Gasteiger partial charge in [-0.05, 0) is 12.2 Å². The van der Waals surface area contributed by atoms with Crippen LogP contribution < -0.4 is 5.32 Å². The molecule has 0 aromatic rings. The number of hydrogen-bond donors (Lipinski definition) is 3. The highest BCUT2D eigenvalue weighted by Gasteiger charge is 2.19. The fraction of sp³-hybridized carbons (Fsp3) is 0.800. The molecule has 0 aliphatic carbocycles. The van der Waals surface area contributed by atoms with Crippen LogP contribution in [0.3, 0.4) is 0 Å². The number of carbonyl (C=O) groups is 2. The van der Waals surface area contributed by atoms with Crippen molar-refractivity contribution in [3.63, 3.8) is 0 Å². The number of rotatable bonds is 8. The third-order valence-corrected chi connectivity index (χ3v) is 3.05. The Hall–Kier alpha value is -0.790. The highest BCUT2D eigenvalue weighted by molar-refractivity contribution is 7.99. The molecule has 0 unspecified atom stereocenters. The lowest BCUT2D eigenvalue weighted by atomic mass is 10.3. The Balaban J connectivity index is 3.91. The van der Waals surface area contributed by atoms with E-state index in [0.29, 0.717) is 17.9 Å². The number of carbonyl (C=O) groups excluding carboxylic acids is 2. The fourth-order valence-corrected chi connectivity index (χ4v) is 2.13. The summed E-state index contributed by atoms with van der Waals surface area (Å²) < 4.78 is 4.56. The molecule has 0 heterocycles. The molecule has 0 radical (unpaired) electrons. The van der Waals surface area contributed by atoms with Crippen LogP contribution in [0.4, 0.5) is 0 Å². The summed E-state index contributed by atoms with van der Waals surface area (Å²) >= 11 is 1.40. The number of nitrogens with one attached hydrogen (secondary N) is 1. The SMILES string of the molecule is COC(=O)[C@H](CSCC[C@@H](O)CO)NC(C)=O. The minimum Gasteiger partial charge on any atom is -0.467 e. The van der Waals surface area contributed by atoms with Crippen molar-refractivity contribution in [3.05, 3.63) is 0 Å². The Labute approximate surface area is 105 Å². The van der Waals surface area contributed by atoms with Crippen LogP contribution in [0.1, 0.15) is 13.3 Å². The lowest BCUT2D eigenvalue weighted by Crippen LogP contribution is -2.42. The molecule has 0 rings (SSSR count). The Kier molecular flexibility index (Phi) is 8.83. The molecular formula is C10H19NO5S. The maximum absolute atomic E-state index is 11.3. The van der Waals surface area contributed by atoms with E-state index in [1.54, 1.807) is 0 Å². The molecule has 1 amide bonds. The largest absolute Gasteiger partial charge is 0.467 e. The van der Waals surface area contributed by atoms with E-state index in [4.69, 9.17) is 10.2 Å². The fourth-order valence-electron chi connectivity index (χ4n) is 1.07. The van der Waals surface area contributed by atoms with Crippen LogP contribution in [-0.2, 0) is 14.3 Å². The molecular weight excluding hydrogens is 246 g/mol. The lowest BCUT2D eigenvalue weighted by Gasteiger charge is -2.15. The van der Waals surface area contributed by atoms with Gasteiger partial charge in [-0.3, -0.25) is 4.79 Å². The van der Waals surface area contributed by atoms with Gasteiger partial charge in [0.15, 0.2) is 0 Å². The molecule has 0 aromatic heterocycles. The van der Waals surface area contributed by atoms with Crippen molar-refractivity contribution in [2.75, 3.05) is 25.2 Å². The van der Waals surface area contributed by atoms with Gasteiger partial charge in [-0.1, -0.05) is 0 Å². The molecule has 0 spiro atoms. The minimum atomic E-state index is -0.736. The Morgan fingerprint density at radius 2 is 2.12 bits per heavy atom. The van der Waals surface area contributed by atoms with Gasteiger partial charge in [0.05, 0.1) is 19.8 Å². The summed E-state index contributed by atoms with van der Waals surface area (Å²) in [6.45, 7) is 1.06. The molecule has 0 aromatic carbocycles. The van der Waals surface area contributed by atoms with Crippen LogP contribution in [0, 0.1) is 0 Å². The smallest absolute Gasteiger partial charge is 0.329 e.